The van der Waals surface area contributed by atoms with Crippen LogP contribution < -0.4 is 5.32 Å². The van der Waals surface area contributed by atoms with E-state index in [0.29, 0.717) is 5.82 Å². The Labute approximate surface area is 105 Å². The molecule has 2 heterocycles. The van der Waals surface area contributed by atoms with Gasteiger partial charge in [-0.1, -0.05) is 0 Å². The summed E-state index contributed by atoms with van der Waals surface area (Å²) in [6.45, 7) is 1.90. The standard InChI is InChI=1S/C13H14N4O/c1-9-14-7-8-17(9)12-11(3-2-6-15-12)16-13(18)10-4-5-10/h2-3,6-8,10H,4-5H2,1H3,(H,16,18). The number of amides is 1. The number of anilines is 1. The number of aromatic nitrogens is 3. The molecule has 0 spiro atoms. The van der Waals surface area contributed by atoms with Crippen LogP contribution in [0.4, 0.5) is 5.69 Å². The number of pyridine rings is 1. The van der Waals surface area contributed by atoms with Crippen molar-refractivity contribution in [1.29, 1.82) is 0 Å². The number of nitrogens with one attached hydrogen (secondary N) is 1. The molecule has 0 unspecified atom stereocenters. The summed E-state index contributed by atoms with van der Waals surface area (Å²) in [7, 11) is 0. The lowest BCUT2D eigenvalue weighted by atomic mass is 10.3. The number of carbonyl (C=O) groups excluding carboxylic acids is 1. The average molecular weight is 242 g/mol. The van der Waals surface area contributed by atoms with Crippen molar-refractivity contribution in [1.82, 2.24) is 14.5 Å². The molecule has 0 saturated heterocycles. The first-order valence-corrected chi connectivity index (χ1v) is 6.02. The maximum atomic E-state index is 11.8. The molecule has 5 heteroatoms. The first-order valence-electron chi connectivity index (χ1n) is 6.02. The topological polar surface area (TPSA) is 59.8 Å². The van der Waals surface area contributed by atoms with E-state index in [-0.39, 0.29) is 11.8 Å². The van der Waals surface area contributed by atoms with Crippen LogP contribution in [-0.2, 0) is 4.79 Å². The summed E-state index contributed by atoms with van der Waals surface area (Å²) in [4.78, 5) is 20.3. The minimum Gasteiger partial charge on any atom is -0.323 e. The number of nitrogens with zero attached hydrogens (tertiary/aromatic N) is 3. The average Bonchev–Trinajstić information content (AvgIpc) is 3.14. The molecule has 1 saturated carbocycles. The molecule has 0 radical (unpaired) electrons. The van der Waals surface area contributed by atoms with Crippen molar-refractivity contribution in [3.8, 4) is 5.82 Å². The molecule has 1 amide bonds. The zero-order chi connectivity index (χ0) is 12.5. The molecular formula is C13H14N4O. The van der Waals surface area contributed by atoms with E-state index < -0.39 is 0 Å². The van der Waals surface area contributed by atoms with Crippen LogP contribution in [0.1, 0.15) is 18.7 Å². The fourth-order valence-electron chi connectivity index (χ4n) is 1.87. The summed E-state index contributed by atoms with van der Waals surface area (Å²) in [6.07, 6.45) is 7.25. The highest BCUT2D eigenvalue weighted by Crippen LogP contribution is 2.31. The Morgan fingerprint density at radius 3 is 2.89 bits per heavy atom. The third-order valence-corrected chi connectivity index (χ3v) is 3.05. The Balaban J connectivity index is 1.94. The van der Waals surface area contributed by atoms with Crippen molar-refractivity contribution >= 4 is 11.6 Å². The molecule has 92 valence electrons. The van der Waals surface area contributed by atoms with Gasteiger partial charge in [-0.25, -0.2) is 9.97 Å². The fraction of sp³-hybridized carbons (Fsp3) is 0.308. The molecule has 2 aromatic rings. The van der Waals surface area contributed by atoms with Gasteiger partial charge in [0.1, 0.15) is 5.82 Å². The van der Waals surface area contributed by atoms with Gasteiger partial charge >= 0.3 is 0 Å². The van der Waals surface area contributed by atoms with Crippen LogP contribution >= 0.6 is 0 Å². The molecule has 5 nitrogen and oxygen atoms in total. The first-order chi connectivity index (χ1) is 8.75. The molecule has 1 N–H and O–H groups in total. The maximum Gasteiger partial charge on any atom is 0.227 e. The predicted molar refractivity (Wildman–Crippen MR) is 67.4 cm³/mol. The quantitative estimate of drug-likeness (QED) is 0.894. The van der Waals surface area contributed by atoms with Gasteiger partial charge in [0.25, 0.3) is 0 Å². The zero-order valence-electron chi connectivity index (χ0n) is 10.1. The lowest BCUT2D eigenvalue weighted by molar-refractivity contribution is -0.117. The van der Waals surface area contributed by atoms with Crippen LogP contribution in [0.15, 0.2) is 30.7 Å². The van der Waals surface area contributed by atoms with E-state index in [4.69, 9.17) is 0 Å². The van der Waals surface area contributed by atoms with Gasteiger partial charge in [0.2, 0.25) is 5.91 Å². The van der Waals surface area contributed by atoms with Crippen LogP contribution in [0.2, 0.25) is 0 Å². The molecule has 1 aliphatic carbocycles. The van der Waals surface area contributed by atoms with E-state index in [2.05, 4.69) is 15.3 Å². The smallest absolute Gasteiger partial charge is 0.227 e. The van der Waals surface area contributed by atoms with Gasteiger partial charge in [0, 0.05) is 24.5 Å². The van der Waals surface area contributed by atoms with Gasteiger partial charge in [-0.2, -0.15) is 0 Å². The summed E-state index contributed by atoms with van der Waals surface area (Å²) in [5, 5.41) is 2.94. The molecule has 3 rings (SSSR count). The Morgan fingerprint density at radius 1 is 1.39 bits per heavy atom. The number of hydrogen-bond donors (Lipinski definition) is 1. The second-order valence-electron chi connectivity index (χ2n) is 4.48. The maximum absolute atomic E-state index is 11.8. The SMILES string of the molecule is Cc1nccn1-c1ncccc1NC(=O)C1CC1. The first kappa shape index (κ1) is 11.0. The molecule has 1 fully saturated rings. The van der Waals surface area contributed by atoms with E-state index in [1.54, 1.807) is 12.4 Å². The van der Waals surface area contributed by atoms with Gasteiger partial charge in [-0.3, -0.25) is 9.36 Å². The lowest BCUT2D eigenvalue weighted by Crippen LogP contribution is -2.15. The molecule has 0 aromatic carbocycles. The highest BCUT2D eigenvalue weighted by atomic mass is 16.2. The highest BCUT2D eigenvalue weighted by molar-refractivity contribution is 5.95. The van der Waals surface area contributed by atoms with Crippen molar-refractivity contribution in [3.05, 3.63) is 36.5 Å². The van der Waals surface area contributed by atoms with Gasteiger partial charge < -0.3 is 5.32 Å². The fourth-order valence-corrected chi connectivity index (χ4v) is 1.87. The van der Waals surface area contributed by atoms with E-state index in [0.717, 1.165) is 24.4 Å². The monoisotopic (exact) mass is 242 g/mol. The Morgan fingerprint density at radius 2 is 2.22 bits per heavy atom. The zero-order valence-corrected chi connectivity index (χ0v) is 10.1. The van der Waals surface area contributed by atoms with Crippen LogP contribution in [-0.4, -0.2) is 20.4 Å². The Kier molecular flexibility index (Phi) is 2.59. The molecule has 0 atom stereocenters. The molecule has 2 aromatic heterocycles. The second-order valence-corrected chi connectivity index (χ2v) is 4.48. The van der Waals surface area contributed by atoms with Crippen molar-refractivity contribution in [2.24, 2.45) is 5.92 Å². The summed E-state index contributed by atoms with van der Waals surface area (Å²) in [5.41, 5.74) is 0.732. The third-order valence-electron chi connectivity index (χ3n) is 3.05. The minimum atomic E-state index is 0.0852. The van der Waals surface area contributed by atoms with Crippen molar-refractivity contribution in [2.45, 2.75) is 19.8 Å². The molecule has 0 aliphatic heterocycles. The largest absolute Gasteiger partial charge is 0.323 e. The number of hydrogen-bond acceptors (Lipinski definition) is 3. The molecule has 0 bridgehead atoms. The Hall–Kier alpha value is -2.17. The second kappa shape index (κ2) is 4.25. The molecule has 1 aliphatic rings. The van der Waals surface area contributed by atoms with Gasteiger partial charge in [-0.15, -0.1) is 0 Å². The van der Waals surface area contributed by atoms with E-state index in [9.17, 15) is 4.79 Å². The molecule has 18 heavy (non-hydrogen) atoms. The van der Waals surface area contributed by atoms with Crippen molar-refractivity contribution in [2.75, 3.05) is 5.32 Å². The van der Waals surface area contributed by atoms with Crippen molar-refractivity contribution < 1.29 is 4.79 Å². The number of aryl methyl sites for hydroxylation is 1. The van der Waals surface area contributed by atoms with E-state index in [1.165, 1.54) is 0 Å². The van der Waals surface area contributed by atoms with Gasteiger partial charge in [-0.05, 0) is 31.9 Å². The number of carbonyl (C=O) groups is 1. The van der Waals surface area contributed by atoms with E-state index >= 15 is 0 Å². The number of rotatable bonds is 3. The predicted octanol–water partition coefficient (Wildman–Crippen LogP) is 1.92. The van der Waals surface area contributed by atoms with Crippen molar-refractivity contribution in [3.63, 3.8) is 0 Å². The summed E-state index contributed by atoms with van der Waals surface area (Å²) < 4.78 is 1.86. The third kappa shape index (κ3) is 1.99. The highest BCUT2D eigenvalue weighted by Gasteiger charge is 2.30. The van der Waals surface area contributed by atoms with E-state index in [1.807, 2.05) is 29.8 Å². The lowest BCUT2D eigenvalue weighted by Gasteiger charge is -2.11. The van der Waals surface area contributed by atoms with Crippen LogP contribution in [0.3, 0.4) is 0 Å². The van der Waals surface area contributed by atoms with Crippen LogP contribution in [0.5, 0.6) is 0 Å². The molecular weight excluding hydrogens is 228 g/mol. The minimum absolute atomic E-state index is 0.0852. The number of imidazole rings is 1. The summed E-state index contributed by atoms with van der Waals surface area (Å²) in [5.74, 6) is 1.82. The summed E-state index contributed by atoms with van der Waals surface area (Å²) >= 11 is 0. The summed E-state index contributed by atoms with van der Waals surface area (Å²) in [6, 6.07) is 3.68. The van der Waals surface area contributed by atoms with Crippen LogP contribution in [0, 0.1) is 12.8 Å². The van der Waals surface area contributed by atoms with Crippen LogP contribution in [0.25, 0.3) is 5.82 Å². The van der Waals surface area contributed by atoms with Gasteiger partial charge in [0.05, 0.1) is 5.69 Å². The van der Waals surface area contributed by atoms with Gasteiger partial charge in [0.15, 0.2) is 5.82 Å². The normalized spacial score (nSPS) is 14.5. The Bertz CT molecular complexity index is 586.